The predicted octanol–water partition coefficient (Wildman–Crippen LogP) is 2.26. The Hall–Kier alpha value is -2.69. The number of nitrogens with two attached hydrogens (primary N) is 1. The van der Waals surface area contributed by atoms with Gasteiger partial charge in [0.1, 0.15) is 5.82 Å². The molecule has 0 unspecified atom stereocenters. The molecular weight excluding hydrogens is 250 g/mol. The van der Waals surface area contributed by atoms with Gasteiger partial charge in [-0.1, -0.05) is 24.3 Å². The van der Waals surface area contributed by atoms with Gasteiger partial charge < -0.3 is 11.1 Å². The van der Waals surface area contributed by atoms with Crippen LogP contribution in [0.3, 0.4) is 0 Å². The van der Waals surface area contributed by atoms with Crippen molar-refractivity contribution in [1.29, 1.82) is 0 Å². The van der Waals surface area contributed by atoms with Crippen LogP contribution in [0, 0.1) is 0 Å². The van der Waals surface area contributed by atoms with Crippen LogP contribution in [0.5, 0.6) is 0 Å². The summed E-state index contributed by atoms with van der Waals surface area (Å²) < 4.78 is 0. The van der Waals surface area contributed by atoms with Gasteiger partial charge in [-0.05, 0) is 24.1 Å². The van der Waals surface area contributed by atoms with E-state index in [9.17, 15) is 0 Å². The number of pyridine rings is 1. The number of para-hydroxylation sites is 1. The second kappa shape index (κ2) is 5.52. The number of anilines is 2. The third-order valence-corrected chi connectivity index (χ3v) is 3.09. The average Bonchev–Trinajstić information content (AvgIpc) is 2.48. The summed E-state index contributed by atoms with van der Waals surface area (Å²) in [5, 5.41) is 4.40. The van der Waals surface area contributed by atoms with Crippen molar-refractivity contribution in [2.75, 3.05) is 17.6 Å². The summed E-state index contributed by atoms with van der Waals surface area (Å²) in [5.74, 6) is 1.02. The van der Waals surface area contributed by atoms with Crippen LogP contribution < -0.4 is 11.1 Å². The summed E-state index contributed by atoms with van der Waals surface area (Å²) in [6.07, 6.45) is 4.34. The maximum atomic E-state index is 5.54. The largest absolute Gasteiger partial charge is 0.370 e. The number of fused-ring (bicyclic) bond motifs is 1. The lowest BCUT2D eigenvalue weighted by Gasteiger charge is -2.07. The second-order valence-electron chi connectivity index (χ2n) is 4.47. The molecule has 0 aliphatic rings. The van der Waals surface area contributed by atoms with Gasteiger partial charge in [0.25, 0.3) is 0 Å². The summed E-state index contributed by atoms with van der Waals surface area (Å²) in [4.78, 5) is 12.4. The molecule has 3 N–H and O–H groups in total. The van der Waals surface area contributed by atoms with Gasteiger partial charge in [0, 0.05) is 24.3 Å². The lowest BCUT2D eigenvalue weighted by atomic mass is 10.1. The number of nitrogens with one attached hydrogen (secondary N) is 1. The average molecular weight is 265 g/mol. The summed E-state index contributed by atoms with van der Waals surface area (Å²) in [7, 11) is 0. The van der Waals surface area contributed by atoms with Crippen molar-refractivity contribution in [1.82, 2.24) is 15.0 Å². The van der Waals surface area contributed by atoms with Gasteiger partial charge in [0.05, 0.1) is 5.52 Å². The third kappa shape index (κ3) is 2.66. The maximum absolute atomic E-state index is 5.54. The highest BCUT2D eigenvalue weighted by Gasteiger charge is 2.02. The van der Waals surface area contributed by atoms with Crippen LogP contribution in [0.4, 0.5) is 11.8 Å². The highest BCUT2D eigenvalue weighted by atomic mass is 15.1. The SMILES string of the molecule is Nc1nccc(NCCc2cccc3cccnc23)n1. The molecule has 2 aromatic heterocycles. The molecule has 0 aliphatic heterocycles. The van der Waals surface area contributed by atoms with Crippen molar-refractivity contribution >= 4 is 22.7 Å². The van der Waals surface area contributed by atoms with Crippen LogP contribution in [0.2, 0.25) is 0 Å². The van der Waals surface area contributed by atoms with Crippen molar-refractivity contribution in [3.8, 4) is 0 Å². The lowest BCUT2D eigenvalue weighted by Crippen LogP contribution is -2.08. The standard InChI is InChI=1S/C15H15N5/c16-15-19-10-7-13(20-15)17-9-6-12-4-1-3-11-5-2-8-18-14(11)12/h1-5,7-8,10H,6,9H2,(H3,16,17,19,20). The molecule has 20 heavy (non-hydrogen) atoms. The molecule has 0 radical (unpaired) electrons. The first-order valence-electron chi connectivity index (χ1n) is 6.48. The van der Waals surface area contributed by atoms with Gasteiger partial charge in [0.2, 0.25) is 5.95 Å². The van der Waals surface area contributed by atoms with E-state index in [2.05, 4.69) is 44.5 Å². The van der Waals surface area contributed by atoms with Crippen LogP contribution in [0.15, 0.2) is 48.8 Å². The maximum Gasteiger partial charge on any atom is 0.221 e. The second-order valence-corrected chi connectivity index (χ2v) is 4.47. The highest BCUT2D eigenvalue weighted by molar-refractivity contribution is 5.81. The summed E-state index contributed by atoms with van der Waals surface area (Å²) >= 11 is 0. The molecule has 1 aromatic carbocycles. The minimum absolute atomic E-state index is 0.279. The molecule has 5 nitrogen and oxygen atoms in total. The highest BCUT2D eigenvalue weighted by Crippen LogP contribution is 2.16. The van der Waals surface area contributed by atoms with E-state index in [1.807, 2.05) is 12.3 Å². The molecule has 0 saturated carbocycles. The molecule has 0 bridgehead atoms. The fourth-order valence-electron chi connectivity index (χ4n) is 2.17. The van der Waals surface area contributed by atoms with Crippen LogP contribution in [0.25, 0.3) is 10.9 Å². The quantitative estimate of drug-likeness (QED) is 0.756. The molecule has 0 aliphatic carbocycles. The van der Waals surface area contributed by atoms with Gasteiger partial charge in [-0.25, -0.2) is 4.98 Å². The smallest absolute Gasteiger partial charge is 0.221 e. The Labute approximate surface area is 116 Å². The van der Waals surface area contributed by atoms with Crippen molar-refractivity contribution in [3.63, 3.8) is 0 Å². The number of nitrogens with zero attached hydrogens (tertiary/aromatic N) is 3. The number of hydrogen-bond donors (Lipinski definition) is 2. The Morgan fingerprint density at radius 3 is 2.80 bits per heavy atom. The molecule has 0 spiro atoms. The monoisotopic (exact) mass is 265 g/mol. The molecule has 100 valence electrons. The van der Waals surface area contributed by atoms with Gasteiger partial charge in [0.15, 0.2) is 0 Å². The number of benzene rings is 1. The third-order valence-electron chi connectivity index (χ3n) is 3.09. The zero-order chi connectivity index (χ0) is 13.8. The number of nitrogen functional groups attached to an aromatic ring is 1. The molecule has 0 atom stereocenters. The van der Waals surface area contributed by atoms with E-state index in [4.69, 9.17) is 5.73 Å². The topological polar surface area (TPSA) is 76.7 Å². The zero-order valence-electron chi connectivity index (χ0n) is 11.0. The van der Waals surface area contributed by atoms with Gasteiger partial charge in [-0.15, -0.1) is 0 Å². The van der Waals surface area contributed by atoms with Crippen molar-refractivity contribution in [2.24, 2.45) is 0 Å². The van der Waals surface area contributed by atoms with E-state index in [1.54, 1.807) is 12.3 Å². The predicted molar refractivity (Wildman–Crippen MR) is 80.4 cm³/mol. The molecule has 3 rings (SSSR count). The molecule has 2 heterocycles. The first-order valence-corrected chi connectivity index (χ1v) is 6.48. The van der Waals surface area contributed by atoms with E-state index in [0.717, 1.165) is 29.7 Å². The molecule has 0 fully saturated rings. The van der Waals surface area contributed by atoms with Crippen LogP contribution in [-0.4, -0.2) is 21.5 Å². The fraction of sp³-hybridized carbons (Fsp3) is 0.133. The van der Waals surface area contributed by atoms with Gasteiger partial charge >= 0.3 is 0 Å². The Bertz CT molecular complexity index is 721. The van der Waals surface area contributed by atoms with E-state index in [1.165, 1.54) is 5.56 Å². The Morgan fingerprint density at radius 2 is 1.90 bits per heavy atom. The first kappa shape index (κ1) is 12.3. The molecule has 5 heteroatoms. The van der Waals surface area contributed by atoms with Gasteiger partial charge in [-0.3, -0.25) is 4.98 Å². The van der Waals surface area contributed by atoms with Crippen molar-refractivity contribution < 1.29 is 0 Å². The van der Waals surface area contributed by atoms with Crippen molar-refractivity contribution in [2.45, 2.75) is 6.42 Å². The first-order chi connectivity index (χ1) is 9.83. The minimum Gasteiger partial charge on any atom is -0.370 e. The number of aromatic nitrogens is 3. The molecular formula is C15H15N5. The normalized spacial score (nSPS) is 10.6. The van der Waals surface area contributed by atoms with E-state index in [0.29, 0.717) is 0 Å². The van der Waals surface area contributed by atoms with E-state index < -0.39 is 0 Å². The Kier molecular flexibility index (Phi) is 3.41. The van der Waals surface area contributed by atoms with Crippen LogP contribution in [0.1, 0.15) is 5.56 Å². The molecule has 0 saturated heterocycles. The lowest BCUT2D eigenvalue weighted by molar-refractivity contribution is 1.01. The number of rotatable bonds is 4. The van der Waals surface area contributed by atoms with Crippen molar-refractivity contribution in [3.05, 3.63) is 54.4 Å². The molecule has 0 amide bonds. The van der Waals surface area contributed by atoms with E-state index >= 15 is 0 Å². The minimum atomic E-state index is 0.279. The van der Waals surface area contributed by atoms with Gasteiger partial charge in [-0.2, -0.15) is 4.98 Å². The van der Waals surface area contributed by atoms with Crippen LogP contribution in [-0.2, 0) is 6.42 Å². The number of hydrogen-bond acceptors (Lipinski definition) is 5. The molecule has 3 aromatic rings. The zero-order valence-corrected chi connectivity index (χ0v) is 11.0. The fourth-order valence-corrected chi connectivity index (χ4v) is 2.17. The summed E-state index contributed by atoms with van der Waals surface area (Å²) in [5.41, 5.74) is 7.82. The van der Waals surface area contributed by atoms with E-state index in [-0.39, 0.29) is 5.95 Å². The summed E-state index contributed by atoms with van der Waals surface area (Å²) in [6, 6.07) is 12.1. The van der Waals surface area contributed by atoms with Crippen LogP contribution >= 0.6 is 0 Å². The Morgan fingerprint density at radius 1 is 1.00 bits per heavy atom. The Balaban J connectivity index is 1.71. The summed E-state index contributed by atoms with van der Waals surface area (Å²) in [6.45, 7) is 0.770.